The summed E-state index contributed by atoms with van der Waals surface area (Å²) in [6.07, 6.45) is 12.9. The van der Waals surface area contributed by atoms with Crippen molar-refractivity contribution >= 4 is 37.0 Å². The predicted molar refractivity (Wildman–Crippen MR) is 264 cm³/mol. The zero-order valence-electron chi connectivity index (χ0n) is 43.2. The number of nitrogens with one attached hydrogen (secondary N) is 1. The van der Waals surface area contributed by atoms with Crippen LogP contribution < -0.4 is 5.32 Å². The first-order chi connectivity index (χ1) is 32.6. The van der Waals surface area contributed by atoms with Crippen LogP contribution in [0.4, 0.5) is 0 Å². The second-order valence-electron chi connectivity index (χ2n) is 20.6. The summed E-state index contributed by atoms with van der Waals surface area (Å²) in [5, 5.41) is 26.9. The van der Waals surface area contributed by atoms with Gasteiger partial charge < -0.3 is 38.8 Å². The maximum atomic E-state index is 14.5. The molecule has 388 valence electrons. The quantitative estimate of drug-likeness (QED) is 0.0906. The molecular formula is C53H84N2O13P+. The normalized spacial score (nSPS) is 39.0. The van der Waals surface area contributed by atoms with Gasteiger partial charge in [0.1, 0.15) is 36.8 Å². The van der Waals surface area contributed by atoms with Crippen LogP contribution in [0.25, 0.3) is 0 Å². The van der Waals surface area contributed by atoms with Crippen LogP contribution in [0, 0.1) is 35.5 Å². The number of carbonyl (C=O) groups excluding carboxylic acids is 5. The number of fused-ring (bicyclic) bond motifs is 3. The zero-order valence-corrected chi connectivity index (χ0v) is 44.1. The smallest absolute Gasteiger partial charge is 0.350 e. The van der Waals surface area contributed by atoms with Crippen LogP contribution in [0.2, 0.25) is 0 Å². The molecule has 0 aromatic heterocycles. The number of aliphatic hydroxyl groups excluding tert-OH is 1. The molecule has 0 radical (unpaired) electrons. The molecule has 2 bridgehead atoms. The first-order valence-corrected chi connectivity index (χ1v) is 27.1. The number of carbonyl (C=O) groups is 5. The lowest BCUT2D eigenvalue weighted by atomic mass is 9.77. The van der Waals surface area contributed by atoms with Crippen LogP contribution in [-0.2, 0) is 52.2 Å². The van der Waals surface area contributed by atoms with Gasteiger partial charge in [0, 0.05) is 64.5 Å². The second kappa shape index (κ2) is 27.5. The van der Waals surface area contributed by atoms with Gasteiger partial charge in [0.05, 0.1) is 18.3 Å². The molecule has 15 nitrogen and oxygen atoms in total. The molecule has 3 aliphatic heterocycles. The number of piperidine rings is 1. The van der Waals surface area contributed by atoms with E-state index in [-0.39, 0.29) is 60.9 Å². The number of hydrogen-bond donors (Lipinski definition) is 3. The number of methoxy groups -OCH3 is 3. The third-order valence-corrected chi connectivity index (χ3v) is 15.7. The summed E-state index contributed by atoms with van der Waals surface area (Å²) in [5.74, 6) is -7.91. The maximum Gasteiger partial charge on any atom is 0.350 e. The number of cyclic esters (lactones) is 1. The summed E-state index contributed by atoms with van der Waals surface area (Å²) in [7, 11) is 3.25. The fourth-order valence-corrected chi connectivity index (χ4v) is 11.1. The highest BCUT2D eigenvalue weighted by molar-refractivity contribution is 7.43. The number of Topliss-reactive ketones (excluding diaryl/α,β-unsaturated/α-hetero) is 3. The highest BCUT2D eigenvalue weighted by atomic mass is 31.1. The number of esters is 1. The Morgan fingerprint density at radius 3 is 2.29 bits per heavy atom. The molecule has 0 spiro atoms. The fourth-order valence-electron chi connectivity index (χ4n) is 10.6. The van der Waals surface area contributed by atoms with Gasteiger partial charge in [-0.05, 0) is 107 Å². The van der Waals surface area contributed by atoms with Gasteiger partial charge in [-0.1, -0.05) is 75.6 Å². The largest absolute Gasteiger partial charge is 0.460 e. The van der Waals surface area contributed by atoms with Gasteiger partial charge in [-0.3, -0.25) is 24.5 Å². The van der Waals surface area contributed by atoms with E-state index in [1.165, 1.54) is 12.0 Å². The number of allylic oxidation sites excluding steroid dienone is 6. The van der Waals surface area contributed by atoms with Gasteiger partial charge >= 0.3 is 13.8 Å². The zero-order chi connectivity index (χ0) is 51.2. The molecule has 4 rings (SSSR count). The summed E-state index contributed by atoms with van der Waals surface area (Å²) < 4.78 is 41.7. The summed E-state index contributed by atoms with van der Waals surface area (Å²) in [6.45, 7) is 14.5. The van der Waals surface area contributed by atoms with E-state index in [2.05, 4.69) is 5.32 Å². The third kappa shape index (κ3) is 16.1. The fraction of sp³-hybridized carbons (Fsp3) is 0.755. The van der Waals surface area contributed by atoms with E-state index in [0.29, 0.717) is 63.2 Å². The SMILES string of the molecule is CO[C@H]1CC2CC[C@@H](C)[C@@](O)(O2)C(=O)C(=O)N2CCCCC2C(=O)O[C@H]([C@H](C)C[C@@H]2CCC(NC[P+](C)=O)[C@H](OC)C2)CC(=O)[C@H](C)/C=C(\C)[C@@H](O)[C@@H](OC)C(=O)[C@H](C)C[C@H](C)/C=C/C=C/C=C/1C. The van der Waals surface area contributed by atoms with Crippen LogP contribution in [0.3, 0.4) is 0 Å². The molecule has 69 heavy (non-hydrogen) atoms. The molecule has 3 heterocycles. The van der Waals surface area contributed by atoms with Gasteiger partial charge in [-0.25, -0.2) is 4.79 Å². The lowest BCUT2D eigenvalue weighted by molar-refractivity contribution is -0.265. The third-order valence-electron chi connectivity index (χ3n) is 15.1. The molecule has 1 saturated carbocycles. The molecule has 4 unspecified atom stereocenters. The molecule has 0 aromatic rings. The lowest BCUT2D eigenvalue weighted by Gasteiger charge is -2.42. The summed E-state index contributed by atoms with van der Waals surface area (Å²) in [6, 6.07) is -1.11. The van der Waals surface area contributed by atoms with Crippen LogP contribution >= 0.6 is 7.80 Å². The number of ketones is 3. The molecule has 0 aromatic carbocycles. The van der Waals surface area contributed by atoms with Crippen molar-refractivity contribution in [1.29, 1.82) is 0 Å². The Morgan fingerprint density at radius 1 is 0.899 bits per heavy atom. The Kier molecular flexibility index (Phi) is 23.3. The number of rotatable bonds is 9. The number of ether oxygens (including phenoxy) is 5. The minimum Gasteiger partial charge on any atom is -0.460 e. The minimum absolute atomic E-state index is 0.0161. The summed E-state index contributed by atoms with van der Waals surface area (Å²) in [5.41, 5.74) is 1.27. The van der Waals surface area contributed by atoms with E-state index in [1.54, 1.807) is 47.7 Å². The van der Waals surface area contributed by atoms with Crippen molar-refractivity contribution in [2.75, 3.05) is 40.8 Å². The van der Waals surface area contributed by atoms with Gasteiger partial charge in [-0.2, -0.15) is 0 Å². The second-order valence-corrected chi connectivity index (χ2v) is 22.2. The number of amides is 1. The van der Waals surface area contributed by atoms with E-state index in [0.717, 1.165) is 18.4 Å². The monoisotopic (exact) mass is 988 g/mol. The van der Waals surface area contributed by atoms with Crippen molar-refractivity contribution in [3.8, 4) is 0 Å². The average Bonchev–Trinajstić information content (AvgIpc) is 3.32. The topological polar surface area (TPSA) is 204 Å². The van der Waals surface area contributed by atoms with Gasteiger partial charge in [0.2, 0.25) is 5.79 Å². The van der Waals surface area contributed by atoms with Crippen molar-refractivity contribution in [2.24, 2.45) is 35.5 Å². The first-order valence-electron chi connectivity index (χ1n) is 25.3. The van der Waals surface area contributed by atoms with E-state index in [9.17, 15) is 38.8 Å². The minimum atomic E-state index is -2.43. The average molecular weight is 988 g/mol. The Labute approximate surface area is 412 Å². The Bertz CT molecular complexity index is 1900. The van der Waals surface area contributed by atoms with Crippen molar-refractivity contribution < 1.29 is 62.4 Å². The van der Waals surface area contributed by atoms with Crippen LogP contribution in [0.15, 0.2) is 47.6 Å². The Balaban J connectivity index is 1.70. The Morgan fingerprint density at radius 2 is 1.62 bits per heavy atom. The van der Waals surface area contributed by atoms with E-state index >= 15 is 0 Å². The predicted octanol–water partition coefficient (Wildman–Crippen LogP) is 7.19. The van der Waals surface area contributed by atoms with Crippen LogP contribution in [0.5, 0.6) is 0 Å². The number of hydrogen-bond acceptors (Lipinski definition) is 14. The molecule has 16 heteroatoms. The van der Waals surface area contributed by atoms with Crippen LogP contribution in [0.1, 0.15) is 126 Å². The lowest BCUT2D eigenvalue weighted by Crippen LogP contribution is -2.61. The molecule has 4 aliphatic rings. The van der Waals surface area contributed by atoms with E-state index < -0.39 is 85.6 Å². The Hall–Kier alpha value is -3.27. The van der Waals surface area contributed by atoms with Crippen molar-refractivity contribution in [2.45, 2.75) is 180 Å². The summed E-state index contributed by atoms with van der Waals surface area (Å²) >= 11 is 0. The highest BCUT2D eigenvalue weighted by Crippen LogP contribution is 2.38. The maximum absolute atomic E-state index is 14.5. The summed E-state index contributed by atoms with van der Waals surface area (Å²) in [4.78, 5) is 72.3. The molecule has 3 N–H and O–H groups in total. The number of nitrogens with zero attached hydrogens (tertiary/aromatic N) is 1. The molecule has 2 saturated heterocycles. The first kappa shape index (κ1) is 58.3. The highest BCUT2D eigenvalue weighted by Gasteiger charge is 2.53. The number of aliphatic hydroxyl groups is 2. The van der Waals surface area contributed by atoms with Crippen molar-refractivity contribution in [3.63, 3.8) is 0 Å². The van der Waals surface area contributed by atoms with E-state index in [4.69, 9.17) is 23.7 Å². The van der Waals surface area contributed by atoms with Crippen molar-refractivity contribution in [3.05, 3.63) is 47.6 Å². The molecular weight excluding hydrogens is 904 g/mol. The van der Waals surface area contributed by atoms with Gasteiger partial charge in [0.15, 0.2) is 12.1 Å². The van der Waals surface area contributed by atoms with Gasteiger partial charge in [0.25, 0.3) is 11.7 Å². The molecule has 16 atom stereocenters. The molecule has 1 amide bonds. The van der Waals surface area contributed by atoms with E-state index in [1.807, 2.05) is 58.1 Å². The standard InChI is InChI=1S/C53H84N2O13P/c1-32-17-13-12-14-18-33(2)44(64-8)29-40-22-20-38(7)53(62,68-40)50(59)51(60)55-24-16-15-19-42(55)52(61)67-45(35(4)27-39-21-23-41(46(28-39)65-9)54-31-69(11)63)30-43(56)34(3)26-37(6)48(58)49(66-10)47(57)36(5)25-32/h12-14,17-18,26,32,34-36,38-42,44-46,48-49,54,58,62H,15-16,19-25,27-31H2,1-11H3/q+1/b14-12+,17-13+,33-18+,37-26+/t32-,34-,35-,36-,38-,39+,40?,41?,42?,44+,45+,46-,48-,49+,53-/m1/s1. The molecule has 1 aliphatic carbocycles. The van der Waals surface area contributed by atoms with Gasteiger partial charge in [-0.15, -0.1) is 0 Å². The molecule has 3 fully saturated rings. The van der Waals surface area contributed by atoms with Crippen LogP contribution in [-0.4, -0.2) is 140 Å². The van der Waals surface area contributed by atoms with Crippen molar-refractivity contribution in [1.82, 2.24) is 10.2 Å².